The molecule has 14 heavy (non-hydrogen) atoms. The van der Waals surface area contributed by atoms with Crippen LogP contribution < -0.4 is 10.6 Å². The summed E-state index contributed by atoms with van der Waals surface area (Å²) in [4.78, 5) is 11.3. The van der Waals surface area contributed by atoms with Crippen molar-refractivity contribution in [1.82, 2.24) is 10.6 Å². The Hall–Kier alpha value is -0.570. The summed E-state index contributed by atoms with van der Waals surface area (Å²) in [6.45, 7) is 6.42. The standard InChI is InChI=1S/C11H22N2O/c1-3-12-8-10(14)13-9-11(2)6-4-5-7-11/h12H,3-9H2,1-2H3,(H,13,14). The maximum atomic E-state index is 11.3. The van der Waals surface area contributed by atoms with E-state index in [4.69, 9.17) is 0 Å². The van der Waals surface area contributed by atoms with Crippen molar-refractivity contribution in [3.8, 4) is 0 Å². The molecule has 2 N–H and O–H groups in total. The molecule has 1 saturated carbocycles. The third-order valence-electron chi connectivity index (χ3n) is 3.06. The molecule has 0 bridgehead atoms. The first-order chi connectivity index (χ1) is 6.66. The zero-order valence-electron chi connectivity index (χ0n) is 9.36. The molecule has 1 aliphatic rings. The van der Waals surface area contributed by atoms with Crippen LogP contribution in [0, 0.1) is 5.41 Å². The number of hydrogen-bond acceptors (Lipinski definition) is 2. The predicted octanol–water partition coefficient (Wildman–Crippen LogP) is 1.29. The first-order valence-electron chi connectivity index (χ1n) is 5.64. The van der Waals surface area contributed by atoms with Crippen LogP contribution in [0.25, 0.3) is 0 Å². The molecular formula is C11H22N2O. The van der Waals surface area contributed by atoms with E-state index in [2.05, 4.69) is 17.6 Å². The van der Waals surface area contributed by atoms with Gasteiger partial charge in [-0.25, -0.2) is 0 Å². The molecule has 0 saturated heterocycles. The summed E-state index contributed by atoms with van der Waals surface area (Å²) in [5.41, 5.74) is 0.363. The molecule has 0 aliphatic heterocycles. The Morgan fingerprint density at radius 2 is 2.00 bits per heavy atom. The van der Waals surface area contributed by atoms with Gasteiger partial charge in [0.1, 0.15) is 0 Å². The molecule has 0 heterocycles. The quantitative estimate of drug-likeness (QED) is 0.699. The van der Waals surface area contributed by atoms with E-state index in [0.29, 0.717) is 12.0 Å². The van der Waals surface area contributed by atoms with Crippen LogP contribution in [0.15, 0.2) is 0 Å². The van der Waals surface area contributed by atoms with E-state index in [0.717, 1.165) is 13.1 Å². The second kappa shape index (κ2) is 5.35. The molecule has 0 aromatic carbocycles. The number of nitrogens with one attached hydrogen (secondary N) is 2. The average Bonchev–Trinajstić information content (AvgIpc) is 2.60. The molecule has 82 valence electrons. The lowest BCUT2D eigenvalue weighted by atomic mass is 9.89. The van der Waals surface area contributed by atoms with E-state index in [-0.39, 0.29) is 5.91 Å². The second-order valence-corrected chi connectivity index (χ2v) is 4.57. The van der Waals surface area contributed by atoms with Crippen LogP contribution in [0.3, 0.4) is 0 Å². The zero-order valence-corrected chi connectivity index (χ0v) is 9.36. The monoisotopic (exact) mass is 198 g/mol. The summed E-state index contributed by atoms with van der Waals surface area (Å²) in [6.07, 6.45) is 5.15. The normalized spacial score (nSPS) is 19.6. The van der Waals surface area contributed by atoms with Crippen molar-refractivity contribution in [2.24, 2.45) is 5.41 Å². The van der Waals surface area contributed by atoms with Crippen LogP contribution in [0.4, 0.5) is 0 Å². The largest absolute Gasteiger partial charge is 0.354 e. The number of carbonyl (C=O) groups excluding carboxylic acids is 1. The summed E-state index contributed by atoms with van der Waals surface area (Å²) < 4.78 is 0. The van der Waals surface area contributed by atoms with Gasteiger partial charge in [-0.15, -0.1) is 0 Å². The van der Waals surface area contributed by atoms with E-state index < -0.39 is 0 Å². The Morgan fingerprint density at radius 3 is 2.57 bits per heavy atom. The van der Waals surface area contributed by atoms with E-state index >= 15 is 0 Å². The zero-order chi connectivity index (χ0) is 10.4. The molecule has 1 aliphatic carbocycles. The third-order valence-corrected chi connectivity index (χ3v) is 3.06. The lowest BCUT2D eigenvalue weighted by Gasteiger charge is -2.23. The van der Waals surface area contributed by atoms with Gasteiger partial charge < -0.3 is 10.6 Å². The molecule has 0 aromatic rings. The topological polar surface area (TPSA) is 41.1 Å². The predicted molar refractivity (Wildman–Crippen MR) is 58.1 cm³/mol. The van der Waals surface area contributed by atoms with Gasteiger partial charge in [0, 0.05) is 6.54 Å². The van der Waals surface area contributed by atoms with Gasteiger partial charge in [0.25, 0.3) is 0 Å². The number of hydrogen-bond donors (Lipinski definition) is 2. The number of amides is 1. The maximum Gasteiger partial charge on any atom is 0.233 e. The minimum atomic E-state index is 0.125. The molecule has 0 radical (unpaired) electrons. The molecule has 1 amide bonds. The lowest BCUT2D eigenvalue weighted by Crippen LogP contribution is -2.39. The van der Waals surface area contributed by atoms with Crippen molar-refractivity contribution in [1.29, 1.82) is 0 Å². The Bertz CT molecular complexity index is 186. The van der Waals surface area contributed by atoms with Crippen LogP contribution in [0.2, 0.25) is 0 Å². The minimum Gasteiger partial charge on any atom is -0.354 e. The summed E-state index contributed by atoms with van der Waals surface area (Å²) in [5, 5.41) is 6.02. The Morgan fingerprint density at radius 1 is 1.36 bits per heavy atom. The number of likely N-dealkylation sites (N-methyl/N-ethyl adjacent to an activating group) is 1. The number of rotatable bonds is 5. The Kier molecular flexibility index (Phi) is 4.39. The number of carbonyl (C=O) groups is 1. The fourth-order valence-electron chi connectivity index (χ4n) is 2.02. The molecule has 1 fully saturated rings. The second-order valence-electron chi connectivity index (χ2n) is 4.57. The van der Waals surface area contributed by atoms with Gasteiger partial charge in [-0.05, 0) is 24.8 Å². The van der Waals surface area contributed by atoms with E-state index in [1.165, 1.54) is 25.7 Å². The summed E-state index contributed by atoms with van der Waals surface area (Å²) in [7, 11) is 0. The molecule has 0 unspecified atom stereocenters. The first-order valence-corrected chi connectivity index (χ1v) is 5.64. The van der Waals surface area contributed by atoms with Crippen molar-refractivity contribution < 1.29 is 4.79 Å². The molecule has 0 spiro atoms. The molecule has 0 atom stereocenters. The van der Waals surface area contributed by atoms with Crippen molar-refractivity contribution in [2.75, 3.05) is 19.6 Å². The lowest BCUT2D eigenvalue weighted by molar-refractivity contribution is -0.120. The van der Waals surface area contributed by atoms with Gasteiger partial charge in [-0.2, -0.15) is 0 Å². The summed E-state index contributed by atoms with van der Waals surface area (Å²) in [6, 6.07) is 0. The van der Waals surface area contributed by atoms with Crippen molar-refractivity contribution in [3.05, 3.63) is 0 Å². The highest BCUT2D eigenvalue weighted by Crippen LogP contribution is 2.36. The van der Waals surface area contributed by atoms with Crippen LogP contribution in [-0.4, -0.2) is 25.5 Å². The maximum absolute atomic E-state index is 11.3. The fraction of sp³-hybridized carbons (Fsp3) is 0.909. The fourth-order valence-corrected chi connectivity index (χ4v) is 2.02. The van der Waals surface area contributed by atoms with Crippen LogP contribution in [0.5, 0.6) is 0 Å². The van der Waals surface area contributed by atoms with Crippen LogP contribution >= 0.6 is 0 Å². The summed E-state index contributed by atoms with van der Waals surface area (Å²) in [5.74, 6) is 0.125. The van der Waals surface area contributed by atoms with E-state index in [1.807, 2.05) is 6.92 Å². The highest BCUT2D eigenvalue weighted by Gasteiger charge is 2.28. The van der Waals surface area contributed by atoms with Crippen molar-refractivity contribution in [3.63, 3.8) is 0 Å². The van der Waals surface area contributed by atoms with Crippen LogP contribution in [0.1, 0.15) is 39.5 Å². The smallest absolute Gasteiger partial charge is 0.233 e. The van der Waals surface area contributed by atoms with Gasteiger partial charge >= 0.3 is 0 Å². The first kappa shape index (κ1) is 11.5. The third kappa shape index (κ3) is 3.66. The van der Waals surface area contributed by atoms with E-state index in [9.17, 15) is 4.79 Å². The van der Waals surface area contributed by atoms with Crippen LogP contribution in [-0.2, 0) is 4.79 Å². The van der Waals surface area contributed by atoms with Gasteiger partial charge in [-0.3, -0.25) is 4.79 Å². The Balaban J connectivity index is 2.15. The highest BCUT2D eigenvalue weighted by atomic mass is 16.1. The Labute approximate surface area is 86.6 Å². The molecule has 3 heteroatoms. The molecule has 3 nitrogen and oxygen atoms in total. The van der Waals surface area contributed by atoms with E-state index in [1.54, 1.807) is 0 Å². The highest BCUT2D eigenvalue weighted by molar-refractivity contribution is 5.77. The van der Waals surface area contributed by atoms with Crippen molar-refractivity contribution >= 4 is 5.91 Å². The minimum absolute atomic E-state index is 0.125. The molecule has 1 rings (SSSR count). The SMILES string of the molecule is CCNCC(=O)NCC1(C)CCCC1. The average molecular weight is 198 g/mol. The van der Waals surface area contributed by atoms with Crippen molar-refractivity contribution in [2.45, 2.75) is 39.5 Å². The molecular weight excluding hydrogens is 176 g/mol. The summed E-state index contributed by atoms with van der Waals surface area (Å²) >= 11 is 0. The van der Waals surface area contributed by atoms with Gasteiger partial charge in [0.15, 0.2) is 0 Å². The van der Waals surface area contributed by atoms with Gasteiger partial charge in [0.2, 0.25) is 5.91 Å². The molecule has 0 aromatic heterocycles. The van der Waals surface area contributed by atoms with Gasteiger partial charge in [0.05, 0.1) is 6.54 Å². The van der Waals surface area contributed by atoms with Gasteiger partial charge in [-0.1, -0.05) is 26.7 Å².